The Hall–Kier alpha value is -2.30. The van der Waals surface area contributed by atoms with Crippen LogP contribution >= 0.6 is 0 Å². The predicted molar refractivity (Wildman–Crippen MR) is 106 cm³/mol. The van der Waals surface area contributed by atoms with Crippen molar-refractivity contribution >= 4 is 11.9 Å². The highest BCUT2D eigenvalue weighted by Gasteiger charge is 2.31. The van der Waals surface area contributed by atoms with Crippen molar-refractivity contribution in [2.45, 2.75) is 63.9 Å². The fraction of sp³-hybridized carbons (Fsp3) is 0.565. The molecule has 1 aromatic carbocycles. The summed E-state index contributed by atoms with van der Waals surface area (Å²) in [6, 6.07) is 7.45. The Bertz CT molecular complexity index is 746. The van der Waals surface area contributed by atoms with Gasteiger partial charge in [0, 0.05) is 17.8 Å². The molecule has 5 nitrogen and oxygen atoms in total. The summed E-state index contributed by atoms with van der Waals surface area (Å²) < 4.78 is 6.02. The van der Waals surface area contributed by atoms with Gasteiger partial charge >= 0.3 is 5.97 Å². The van der Waals surface area contributed by atoms with Crippen molar-refractivity contribution in [2.75, 3.05) is 6.54 Å². The van der Waals surface area contributed by atoms with E-state index in [4.69, 9.17) is 9.84 Å². The molecule has 1 amide bonds. The van der Waals surface area contributed by atoms with Crippen LogP contribution in [0.5, 0.6) is 5.75 Å². The summed E-state index contributed by atoms with van der Waals surface area (Å²) in [5.41, 5.74) is 1.94. The molecule has 0 aromatic heterocycles. The Morgan fingerprint density at radius 3 is 2.39 bits per heavy atom. The Balaban J connectivity index is 1.37. The van der Waals surface area contributed by atoms with E-state index in [1.807, 2.05) is 29.2 Å². The van der Waals surface area contributed by atoms with E-state index in [1.54, 1.807) is 0 Å². The van der Waals surface area contributed by atoms with Crippen molar-refractivity contribution in [1.29, 1.82) is 0 Å². The van der Waals surface area contributed by atoms with E-state index in [1.165, 1.54) is 25.0 Å². The highest BCUT2D eigenvalue weighted by atomic mass is 16.5. The maximum absolute atomic E-state index is 13.0. The molecule has 0 bridgehead atoms. The van der Waals surface area contributed by atoms with Gasteiger partial charge in [0.15, 0.2) is 0 Å². The number of likely N-dealkylation sites (tertiary alicyclic amines) is 1. The number of carboxylic acids is 1. The minimum Gasteiger partial charge on any atom is -0.490 e. The van der Waals surface area contributed by atoms with Crippen LogP contribution < -0.4 is 4.74 Å². The molecule has 0 radical (unpaired) electrons. The molecule has 150 valence electrons. The number of hydrogen-bond acceptors (Lipinski definition) is 3. The van der Waals surface area contributed by atoms with Gasteiger partial charge in [0.2, 0.25) is 0 Å². The number of allylic oxidation sites excluding steroid dienone is 2. The average molecular weight is 383 g/mol. The van der Waals surface area contributed by atoms with Crippen molar-refractivity contribution in [3.63, 3.8) is 0 Å². The molecule has 1 N–H and O–H groups in total. The lowest BCUT2D eigenvalue weighted by Crippen LogP contribution is -2.38. The van der Waals surface area contributed by atoms with Gasteiger partial charge in [-0.3, -0.25) is 9.59 Å². The molecule has 1 saturated heterocycles. The fourth-order valence-corrected chi connectivity index (χ4v) is 4.85. The smallest absolute Gasteiger partial charge is 0.306 e. The second-order valence-electron chi connectivity index (χ2n) is 8.31. The van der Waals surface area contributed by atoms with Crippen molar-refractivity contribution in [3.05, 3.63) is 41.6 Å². The SMILES string of the molecule is O=C(O)C1CCC(Oc2ccc(C(=O)N3CCCC4CCCC=C43)cc2)CC1. The van der Waals surface area contributed by atoms with Crippen LogP contribution in [0, 0.1) is 11.8 Å². The lowest BCUT2D eigenvalue weighted by molar-refractivity contribution is -0.143. The summed E-state index contributed by atoms with van der Waals surface area (Å²) in [7, 11) is 0. The van der Waals surface area contributed by atoms with Crippen molar-refractivity contribution in [2.24, 2.45) is 11.8 Å². The van der Waals surface area contributed by atoms with E-state index >= 15 is 0 Å². The number of piperidine rings is 1. The van der Waals surface area contributed by atoms with Crippen LogP contribution in [-0.2, 0) is 4.79 Å². The molecule has 3 aliphatic rings. The maximum Gasteiger partial charge on any atom is 0.306 e. The minimum atomic E-state index is -0.700. The number of nitrogens with zero attached hydrogens (tertiary/aromatic N) is 1. The first-order chi connectivity index (χ1) is 13.6. The number of carboxylic acid groups (broad SMARTS) is 1. The van der Waals surface area contributed by atoms with Gasteiger partial charge in [0.25, 0.3) is 5.91 Å². The van der Waals surface area contributed by atoms with Crippen LogP contribution in [0.4, 0.5) is 0 Å². The molecule has 1 atom stereocenters. The van der Waals surface area contributed by atoms with Gasteiger partial charge in [0.05, 0.1) is 12.0 Å². The summed E-state index contributed by atoms with van der Waals surface area (Å²) in [6.45, 7) is 0.812. The number of ether oxygens (including phenoxy) is 1. The quantitative estimate of drug-likeness (QED) is 0.823. The first-order valence-electron chi connectivity index (χ1n) is 10.6. The molecule has 2 aliphatic carbocycles. The van der Waals surface area contributed by atoms with E-state index in [2.05, 4.69) is 6.08 Å². The highest BCUT2D eigenvalue weighted by molar-refractivity contribution is 5.95. The van der Waals surface area contributed by atoms with E-state index in [0.29, 0.717) is 24.3 Å². The number of carbonyl (C=O) groups excluding carboxylic acids is 1. The molecular formula is C23H29NO4. The van der Waals surface area contributed by atoms with E-state index in [0.717, 1.165) is 38.0 Å². The van der Waals surface area contributed by atoms with Crippen molar-refractivity contribution in [1.82, 2.24) is 4.90 Å². The van der Waals surface area contributed by atoms with Crippen LogP contribution in [0.25, 0.3) is 0 Å². The topological polar surface area (TPSA) is 66.8 Å². The number of benzene rings is 1. The summed E-state index contributed by atoms with van der Waals surface area (Å²) in [4.78, 5) is 26.1. The first kappa shape index (κ1) is 19.0. The summed E-state index contributed by atoms with van der Waals surface area (Å²) in [5.74, 6) is 0.460. The normalized spacial score (nSPS) is 27.5. The number of aliphatic carboxylic acids is 1. The summed E-state index contributed by atoms with van der Waals surface area (Å²) in [6.07, 6.45) is 11.0. The van der Waals surface area contributed by atoms with Gasteiger partial charge in [-0.25, -0.2) is 0 Å². The third-order valence-electron chi connectivity index (χ3n) is 6.45. The standard InChI is InChI=1S/C23H29NO4/c25-22(24-15-3-5-16-4-1-2-6-21(16)24)17-7-11-19(12-8-17)28-20-13-9-18(10-14-20)23(26)27/h6-8,11-12,16,18,20H,1-5,9-10,13-15H2,(H,26,27). The zero-order valence-electron chi connectivity index (χ0n) is 16.3. The molecular weight excluding hydrogens is 354 g/mol. The monoisotopic (exact) mass is 383 g/mol. The van der Waals surface area contributed by atoms with Gasteiger partial charge in [-0.1, -0.05) is 6.08 Å². The molecule has 1 heterocycles. The lowest BCUT2D eigenvalue weighted by Gasteiger charge is -2.38. The molecule has 1 saturated carbocycles. The Labute approximate surface area is 166 Å². The summed E-state index contributed by atoms with van der Waals surface area (Å²) >= 11 is 0. The second kappa shape index (κ2) is 8.38. The zero-order valence-corrected chi connectivity index (χ0v) is 16.3. The number of fused-ring (bicyclic) bond motifs is 1. The molecule has 1 aromatic rings. The van der Waals surface area contributed by atoms with Gasteiger partial charge < -0.3 is 14.7 Å². The lowest BCUT2D eigenvalue weighted by atomic mass is 9.84. The molecule has 28 heavy (non-hydrogen) atoms. The Morgan fingerprint density at radius 2 is 1.68 bits per heavy atom. The second-order valence-corrected chi connectivity index (χ2v) is 8.31. The molecule has 1 aliphatic heterocycles. The van der Waals surface area contributed by atoms with Crippen LogP contribution in [0.2, 0.25) is 0 Å². The van der Waals surface area contributed by atoms with Gasteiger partial charge in [0.1, 0.15) is 5.75 Å². The predicted octanol–water partition coefficient (Wildman–Crippen LogP) is 4.63. The molecule has 0 spiro atoms. The molecule has 1 unspecified atom stereocenters. The third kappa shape index (κ3) is 4.08. The first-order valence-corrected chi connectivity index (χ1v) is 10.6. The molecule has 5 heteroatoms. The maximum atomic E-state index is 13.0. The van der Waals surface area contributed by atoms with Crippen LogP contribution in [-0.4, -0.2) is 34.5 Å². The van der Waals surface area contributed by atoms with Gasteiger partial charge in [-0.2, -0.15) is 0 Å². The van der Waals surface area contributed by atoms with Crippen LogP contribution in [0.1, 0.15) is 68.1 Å². The van der Waals surface area contributed by atoms with Gasteiger partial charge in [-0.05, 0) is 88.0 Å². The number of rotatable bonds is 4. The molecule has 2 fully saturated rings. The number of hydrogen-bond donors (Lipinski definition) is 1. The molecule has 4 rings (SSSR count). The largest absolute Gasteiger partial charge is 0.490 e. The minimum absolute atomic E-state index is 0.0624. The van der Waals surface area contributed by atoms with E-state index < -0.39 is 5.97 Å². The van der Waals surface area contributed by atoms with E-state index in [-0.39, 0.29) is 17.9 Å². The van der Waals surface area contributed by atoms with Crippen LogP contribution in [0.3, 0.4) is 0 Å². The highest BCUT2D eigenvalue weighted by Crippen LogP contribution is 2.36. The van der Waals surface area contributed by atoms with Crippen molar-refractivity contribution in [3.8, 4) is 5.75 Å². The van der Waals surface area contributed by atoms with E-state index in [9.17, 15) is 9.59 Å². The third-order valence-corrected chi connectivity index (χ3v) is 6.45. The zero-order chi connectivity index (χ0) is 19.5. The fourth-order valence-electron chi connectivity index (χ4n) is 4.85. The number of amides is 1. The Kier molecular flexibility index (Phi) is 5.69. The average Bonchev–Trinajstić information content (AvgIpc) is 2.74. The van der Waals surface area contributed by atoms with Crippen molar-refractivity contribution < 1.29 is 19.4 Å². The van der Waals surface area contributed by atoms with Gasteiger partial charge in [-0.15, -0.1) is 0 Å². The summed E-state index contributed by atoms with van der Waals surface area (Å²) in [5, 5.41) is 9.10. The van der Waals surface area contributed by atoms with Crippen LogP contribution in [0.15, 0.2) is 36.0 Å². The Morgan fingerprint density at radius 1 is 0.964 bits per heavy atom. The number of carbonyl (C=O) groups is 2.